The molecule has 4 aromatic rings. The van der Waals surface area contributed by atoms with Crippen LogP contribution in [0, 0.1) is 0 Å². The van der Waals surface area contributed by atoms with Gasteiger partial charge in [0.2, 0.25) is 0 Å². The molecule has 2 atom stereocenters. The van der Waals surface area contributed by atoms with Crippen molar-refractivity contribution >= 4 is 46.2 Å². The van der Waals surface area contributed by atoms with Crippen LogP contribution in [0.4, 0.5) is 4.79 Å². The molecule has 2 N–H and O–H groups in total. The number of likely N-dealkylation sites (tertiary alicyclic amines) is 1. The third kappa shape index (κ3) is 5.80. The molecule has 0 unspecified atom stereocenters. The van der Waals surface area contributed by atoms with E-state index in [1.807, 2.05) is 19.1 Å². The molecule has 6 rings (SSSR count). The van der Waals surface area contributed by atoms with E-state index in [9.17, 15) is 24.6 Å². The molecule has 2 aromatic heterocycles. The van der Waals surface area contributed by atoms with E-state index >= 15 is 0 Å². The van der Waals surface area contributed by atoms with Crippen LogP contribution >= 0.6 is 23.2 Å². The van der Waals surface area contributed by atoms with Gasteiger partial charge >= 0.3 is 6.09 Å². The molecule has 13 heteroatoms. The lowest BCUT2D eigenvalue weighted by Gasteiger charge is -2.38. The summed E-state index contributed by atoms with van der Waals surface area (Å²) in [5.41, 5.74) is 0.790. The molecule has 0 radical (unpaired) electrons. The number of benzene rings is 2. The number of morpholine rings is 1. The molecule has 11 nitrogen and oxygen atoms in total. The fourth-order valence-corrected chi connectivity index (χ4v) is 6.37. The SMILES string of the molecule is C[C@H]1CN(C(=O)O)[C@H](c2ccc(-n3c(Cl)cc4c(=O)n(CC5(O)CCN(C(=O)c6ccc(Cl)cc6)CC5)cnc43)cc2)CO1. The highest BCUT2D eigenvalue weighted by Gasteiger charge is 2.35. The molecule has 0 aliphatic carbocycles. The van der Waals surface area contributed by atoms with Gasteiger partial charge in [-0.3, -0.25) is 23.6 Å². The number of aromatic nitrogens is 3. The Labute approximate surface area is 262 Å². The number of carboxylic acid groups (broad SMARTS) is 1. The molecular formula is C31H31Cl2N5O6. The van der Waals surface area contributed by atoms with Gasteiger partial charge < -0.3 is 19.8 Å². The van der Waals surface area contributed by atoms with Crippen LogP contribution in [0.5, 0.6) is 0 Å². The monoisotopic (exact) mass is 639 g/mol. The Hall–Kier alpha value is -3.90. The predicted octanol–water partition coefficient (Wildman–Crippen LogP) is 4.60. The number of rotatable bonds is 5. The van der Waals surface area contributed by atoms with Gasteiger partial charge in [0.15, 0.2) is 5.65 Å². The second-order valence-corrected chi connectivity index (χ2v) is 12.3. The standard InChI is InChI=1S/C31H31Cl2N5O6/c1-19-15-37(30(41)42)25(16-44-19)20-4-8-23(9-5-20)38-26(33)14-24-27(38)34-18-36(29(24)40)17-31(43)10-12-35(13-11-31)28(39)21-2-6-22(32)7-3-21/h2-9,14,18-19,25,43H,10-13,15-17H2,1H3,(H,41,42)/t19-,25-/m0/s1. The summed E-state index contributed by atoms with van der Waals surface area (Å²) in [7, 11) is 0. The number of piperidine rings is 1. The van der Waals surface area contributed by atoms with Gasteiger partial charge in [-0.1, -0.05) is 35.3 Å². The highest BCUT2D eigenvalue weighted by atomic mass is 35.5. The van der Waals surface area contributed by atoms with Crippen LogP contribution in [0.1, 0.15) is 41.7 Å². The number of carbonyl (C=O) groups is 2. The van der Waals surface area contributed by atoms with Crippen molar-refractivity contribution in [1.82, 2.24) is 23.9 Å². The molecule has 2 saturated heterocycles. The van der Waals surface area contributed by atoms with Gasteiger partial charge in [-0.25, -0.2) is 9.78 Å². The summed E-state index contributed by atoms with van der Waals surface area (Å²) in [6, 6.07) is 15.0. The number of fused-ring (bicyclic) bond motifs is 1. The highest BCUT2D eigenvalue weighted by molar-refractivity contribution is 6.31. The Morgan fingerprint density at radius 3 is 2.41 bits per heavy atom. The van der Waals surface area contributed by atoms with Gasteiger partial charge in [0.25, 0.3) is 11.5 Å². The summed E-state index contributed by atoms with van der Waals surface area (Å²) in [5.74, 6) is -0.131. The van der Waals surface area contributed by atoms with Crippen LogP contribution in [0.15, 0.2) is 65.7 Å². The normalized spacial score (nSPS) is 20.2. The molecule has 2 amide bonds. The lowest BCUT2D eigenvalue weighted by Crippen LogP contribution is -2.49. The Bertz CT molecular complexity index is 1760. The van der Waals surface area contributed by atoms with Crippen molar-refractivity contribution < 1.29 is 24.5 Å². The minimum atomic E-state index is -1.19. The van der Waals surface area contributed by atoms with E-state index in [0.717, 1.165) is 5.56 Å². The summed E-state index contributed by atoms with van der Waals surface area (Å²) in [5, 5.41) is 22.1. The van der Waals surface area contributed by atoms with E-state index in [0.29, 0.717) is 53.2 Å². The quantitative estimate of drug-likeness (QED) is 0.326. The Morgan fingerprint density at radius 1 is 1.07 bits per heavy atom. The first-order valence-corrected chi connectivity index (χ1v) is 15.0. The van der Waals surface area contributed by atoms with Crippen molar-refractivity contribution in [2.45, 2.75) is 44.1 Å². The molecule has 0 spiro atoms. The second-order valence-electron chi connectivity index (χ2n) is 11.4. The zero-order valence-electron chi connectivity index (χ0n) is 23.9. The number of hydrogen-bond donors (Lipinski definition) is 2. The minimum absolute atomic E-state index is 0.0252. The first-order valence-electron chi connectivity index (χ1n) is 14.3. The number of amides is 2. The molecule has 230 valence electrons. The second kappa shape index (κ2) is 11.9. The first kappa shape index (κ1) is 30.1. The van der Waals surface area contributed by atoms with Gasteiger partial charge in [-0.05, 0) is 67.8 Å². The fraction of sp³-hybridized carbons (Fsp3) is 0.355. The summed E-state index contributed by atoms with van der Waals surface area (Å²) in [4.78, 5) is 45.8. The zero-order chi connectivity index (χ0) is 31.2. The molecule has 2 aliphatic heterocycles. The van der Waals surface area contributed by atoms with Gasteiger partial charge in [0.1, 0.15) is 11.5 Å². The maximum absolute atomic E-state index is 13.5. The number of carbonyl (C=O) groups excluding carboxylic acids is 1. The Balaban J connectivity index is 1.19. The summed E-state index contributed by atoms with van der Waals surface area (Å²) in [6.07, 6.45) is 0.820. The van der Waals surface area contributed by atoms with E-state index in [1.165, 1.54) is 15.8 Å². The largest absolute Gasteiger partial charge is 0.465 e. The van der Waals surface area contributed by atoms with Gasteiger partial charge in [-0.15, -0.1) is 0 Å². The van der Waals surface area contributed by atoms with Gasteiger partial charge in [0, 0.05) is 29.4 Å². The van der Waals surface area contributed by atoms with Crippen molar-refractivity contribution in [2.24, 2.45) is 0 Å². The Kier molecular flexibility index (Phi) is 8.14. The van der Waals surface area contributed by atoms with Gasteiger partial charge in [0.05, 0.1) is 42.8 Å². The van der Waals surface area contributed by atoms with Crippen molar-refractivity contribution in [3.63, 3.8) is 0 Å². The maximum atomic E-state index is 13.5. The third-order valence-corrected chi connectivity index (χ3v) is 8.96. The van der Waals surface area contributed by atoms with Crippen molar-refractivity contribution in [3.05, 3.63) is 92.6 Å². The lowest BCUT2D eigenvalue weighted by molar-refractivity contribution is -0.0465. The van der Waals surface area contributed by atoms with Crippen LogP contribution in [0.25, 0.3) is 16.7 Å². The first-order chi connectivity index (χ1) is 21.0. The van der Waals surface area contributed by atoms with E-state index < -0.39 is 17.7 Å². The topological polar surface area (TPSA) is 130 Å². The molecular weight excluding hydrogens is 609 g/mol. The fourth-order valence-electron chi connectivity index (χ4n) is 5.96. The van der Waals surface area contributed by atoms with Crippen molar-refractivity contribution in [2.75, 3.05) is 26.2 Å². The summed E-state index contributed by atoms with van der Waals surface area (Å²) in [6.45, 7) is 3.08. The number of ether oxygens (including phenoxy) is 1. The van der Waals surface area contributed by atoms with Crippen LogP contribution in [0.2, 0.25) is 10.2 Å². The number of hydrogen-bond acceptors (Lipinski definition) is 6. The van der Waals surface area contributed by atoms with Crippen LogP contribution in [-0.4, -0.2) is 84.1 Å². The van der Waals surface area contributed by atoms with Crippen LogP contribution in [-0.2, 0) is 11.3 Å². The summed E-state index contributed by atoms with van der Waals surface area (Å²) >= 11 is 12.5. The van der Waals surface area contributed by atoms with Crippen LogP contribution in [0.3, 0.4) is 0 Å². The van der Waals surface area contributed by atoms with E-state index in [2.05, 4.69) is 4.98 Å². The molecule has 2 aromatic carbocycles. The van der Waals surface area contributed by atoms with Crippen molar-refractivity contribution in [1.29, 1.82) is 0 Å². The molecule has 4 heterocycles. The van der Waals surface area contributed by atoms with E-state index in [1.54, 1.807) is 51.9 Å². The van der Waals surface area contributed by atoms with Crippen molar-refractivity contribution in [3.8, 4) is 5.69 Å². The smallest absolute Gasteiger partial charge is 0.407 e. The lowest BCUT2D eigenvalue weighted by atomic mass is 9.91. The number of halogens is 2. The third-order valence-electron chi connectivity index (χ3n) is 8.43. The number of aliphatic hydroxyl groups is 1. The van der Waals surface area contributed by atoms with E-state index in [4.69, 9.17) is 27.9 Å². The summed E-state index contributed by atoms with van der Waals surface area (Å²) < 4.78 is 8.74. The minimum Gasteiger partial charge on any atom is -0.465 e. The molecule has 0 saturated carbocycles. The highest BCUT2D eigenvalue weighted by Crippen LogP contribution is 2.30. The van der Waals surface area contributed by atoms with Crippen LogP contribution < -0.4 is 5.56 Å². The molecule has 44 heavy (non-hydrogen) atoms. The molecule has 0 bridgehead atoms. The van der Waals surface area contributed by atoms with E-state index in [-0.39, 0.29) is 42.4 Å². The average molecular weight is 641 g/mol. The predicted molar refractivity (Wildman–Crippen MR) is 165 cm³/mol. The Morgan fingerprint density at radius 2 is 1.75 bits per heavy atom. The molecule has 2 fully saturated rings. The zero-order valence-corrected chi connectivity index (χ0v) is 25.4. The van der Waals surface area contributed by atoms with Gasteiger partial charge in [-0.2, -0.15) is 0 Å². The maximum Gasteiger partial charge on any atom is 0.407 e. The average Bonchev–Trinajstić information content (AvgIpc) is 3.35. The number of nitrogens with zero attached hydrogens (tertiary/aromatic N) is 5. The molecule has 2 aliphatic rings.